The number of methoxy groups -OCH3 is 1. The van der Waals surface area contributed by atoms with E-state index in [1.165, 1.54) is 3.57 Å². The summed E-state index contributed by atoms with van der Waals surface area (Å²) in [6.07, 6.45) is 0. The van der Waals surface area contributed by atoms with E-state index in [2.05, 4.69) is 53.5 Å². The molecular weight excluding hydrogens is 327 g/mol. The Hall–Kier alpha value is -0.490. The second kappa shape index (κ2) is 7.06. The van der Waals surface area contributed by atoms with Crippen LogP contribution in [0.3, 0.4) is 0 Å². The van der Waals surface area contributed by atoms with Crippen LogP contribution in [-0.4, -0.2) is 26.8 Å². The lowest BCUT2D eigenvalue weighted by Crippen LogP contribution is -2.31. The summed E-state index contributed by atoms with van der Waals surface area (Å²) in [4.78, 5) is 2.29. The Kier molecular flexibility index (Phi) is 6.05. The van der Waals surface area contributed by atoms with E-state index >= 15 is 0 Å². The fourth-order valence-corrected chi connectivity index (χ4v) is 2.28. The number of nitrogen functional groups attached to an aromatic ring is 1. The van der Waals surface area contributed by atoms with Gasteiger partial charge in [0.2, 0.25) is 0 Å². The summed E-state index contributed by atoms with van der Waals surface area (Å²) in [5.41, 5.74) is 8.03. The van der Waals surface area contributed by atoms with Crippen molar-refractivity contribution in [1.82, 2.24) is 0 Å². The second-order valence-electron chi connectivity index (χ2n) is 4.54. The molecule has 0 radical (unpaired) electrons. The lowest BCUT2D eigenvalue weighted by molar-refractivity contribution is 0.204. The van der Waals surface area contributed by atoms with Gasteiger partial charge < -0.3 is 15.4 Å². The number of nitrogens with zero attached hydrogens (tertiary/aromatic N) is 1. The molecule has 0 unspecified atom stereocenters. The van der Waals surface area contributed by atoms with Crippen molar-refractivity contribution >= 4 is 34.0 Å². The molecule has 1 rings (SSSR count). The van der Waals surface area contributed by atoms with E-state index in [1.807, 2.05) is 6.07 Å². The fraction of sp³-hybridized carbons (Fsp3) is 0.538. The molecule has 96 valence electrons. The first-order valence-corrected chi connectivity index (χ1v) is 6.91. The van der Waals surface area contributed by atoms with Gasteiger partial charge in [0, 0.05) is 23.8 Å². The number of benzene rings is 1. The molecule has 0 aliphatic rings. The van der Waals surface area contributed by atoms with Gasteiger partial charge in [0.05, 0.1) is 18.0 Å². The molecule has 0 amide bonds. The first-order valence-electron chi connectivity index (χ1n) is 5.83. The second-order valence-corrected chi connectivity index (χ2v) is 5.78. The molecule has 0 heterocycles. The van der Waals surface area contributed by atoms with Crippen molar-refractivity contribution in [2.24, 2.45) is 5.92 Å². The summed E-state index contributed by atoms with van der Waals surface area (Å²) in [5.74, 6) is 0.602. The average Bonchev–Trinajstić information content (AvgIpc) is 2.24. The van der Waals surface area contributed by atoms with Gasteiger partial charge in [-0.15, -0.1) is 0 Å². The van der Waals surface area contributed by atoms with Gasteiger partial charge in [-0.25, -0.2) is 0 Å². The Morgan fingerprint density at radius 1 is 1.41 bits per heavy atom. The van der Waals surface area contributed by atoms with Crippen molar-refractivity contribution in [3.8, 4) is 0 Å². The van der Waals surface area contributed by atoms with Crippen molar-refractivity contribution in [3.63, 3.8) is 0 Å². The molecule has 0 saturated heterocycles. The van der Waals surface area contributed by atoms with Gasteiger partial charge in [-0.2, -0.15) is 0 Å². The van der Waals surface area contributed by atoms with Crippen LogP contribution in [0.25, 0.3) is 0 Å². The average molecular weight is 348 g/mol. The van der Waals surface area contributed by atoms with Crippen LogP contribution in [0, 0.1) is 9.49 Å². The predicted molar refractivity (Wildman–Crippen MR) is 82.5 cm³/mol. The standard InChI is InChI=1S/C13H21IN2O/c1-10(2)9-16(6-7-17-3)13-5-4-11(14)8-12(13)15/h4-5,8,10H,6-7,9,15H2,1-3H3. The van der Waals surface area contributed by atoms with Crippen LogP contribution in [-0.2, 0) is 4.74 Å². The Balaban J connectivity index is 2.86. The largest absolute Gasteiger partial charge is 0.397 e. The van der Waals surface area contributed by atoms with Gasteiger partial charge in [-0.05, 0) is 46.7 Å². The minimum absolute atomic E-state index is 0.602. The maximum absolute atomic E-state index is 6.08. The highest BCUT2D eigenvalue weighted by molar-refractivity contribution is 14.1. The van der Waals surface area contributed by atoms with Crippen LogP contribution in [0.4, 0.5) is 11.4 Å². The Morgan fingerprint density at radius 3 is 2.65 bits per heavy atom. The maximum Gasteiger partial charge on any atom is 0.0637 e. The van der Waals surface area contributed by atoms with Crippen LogP contribution < -0.4 is 10.6 Å². The van der Waals surface area contributed by atoms with E-state index < -0.39 is 0 Å². The minimum atomic E-state index is 0.602. The summed E-state index contributed by atoms with van der Waals surface area (Å²) < 4.78 is 6.32. The van der Waals surface area contributed by atoms with E-state index in [9.17, 15) is 0 Å². The topological polar surface area (TPSA) is 38.5 Å². The third-order valence-corrected chi connectivity index (χ3v) is 3.15. The van der Waals surface area contributed by atoms with E-state index in [4.69, 9.17) is 10.5 Å². The number of rotatable bonds is 6. The van der Waals surface area contributed by atoms with Crippen LogP contribution >= 0.6 is 22.6 Å². The highest BCUT2D eigenvalue weighted by Gasteiger charge is 2.11. The van der Waals surface area contributed by atoms with Crippen LogP contribution in [0.2, 0.25) is 0 Å². The van der Waals surface area contributed by atoms with Crippen molar-refractivity contribution in [2.45, 2.75) is 13.8 Å². The Labute approximate surface area is 117 Å². The van der Waals surface area contributed by atoms with Gasteiger partial charge in [0.1, 0.15) is 0 Å². The Morgan fingerprint density at radius 2 is 2.12 bits per heavy atom. The van der Waals surface area contributed by atoms with E-state index in [0.29, 0.717) is 5.92 Å². The molecule has 0 aromatic heterocycles. The number of anilines is 2. The quantitative estimate of drug-likeness (QED) is 0.635. The third kappa shape index (κ3) is 4.71. The zero-order valence-corrected chi connectivity index (χ0v) is 12.9. The number of ether oxygens (including phenoxy) is 1. The molecule has 0 saturated carbocycles. The monoisotopic (exact) mass is 348 g/mol. The molecule has 0 atom stereocenters. The molecule has 4 heteroatoms. The number of hydrogen-bond acceptors (Lipinski definition) is 3. The summed E-state index contributed by atoms with van der Waals surface area (Å²) in [7, 11) is 1.73. The van der Waals surface area contributed by atoms with Crippen molar-refractivity contribution < 1.29 is 4.74 Å². The number of halogens is 1. The lowest BCUT2D eigenvalue weighted by Gasteiger charge is -2.27. The molecule has 0 bridgehead atoms. The molecular formula is C13H21IN2O. The van der Waals surface area contributed by atoms with E-state index in [1.54, 1.807) is 7.11 Å². The molecule has 0 fully saturated rings. The minimum Gasteiger partial charge on any atom is -0.397 e. The number of hydrogen-bond donors (Lipinski definition) is 1. The zero-order valence-electron chi connectivity index (χ0n) is 10.7. The molecule has 3 nitrogen and oxygen atoms in total. The van der Waals surface area contributed by atoms with E-state index in [-0.39, 0.29) is 0 Å². The van der Waals surface area contributed by atoms with Crippen LogP contribution in [0.1, 0.15) is 13.8 Å². The summed E-state index contributed by atoms with van der Waals surface area (Å²) in [5, 5.41) is 0. The van der Waals surface area contributed by atoms with Gasteiger partial charge >= 0.3 is 0 Å². The molecule has 2 N–H and O–H groups in total. The predicted octanol–water partition coefficient (Wildman–Crippen LogP) is 2.98. The first-order chi connectivity index (χ1) is 8.04. The fourth-order valence-electron chi connectivity index (χ4n) is 1.77. The van der Waals surface area contributed by atoms with Crippen LogP contribution in [0.15, 0.2) is 18.2 Å². The zero-order chi connectivity index (χ0) is 12.8. The van der Waals surface area contributed by atoms with Gasteiger partial charge in [-0.1, -0.05) is 13.8 Å². The number of nitrogens with two attached hydrogens (primary N) is 1. The Bertz CT molecular complexity index is 355. The first kappa shape index (κ1) is 14.6. The smallest absolute Gasteiger partial charge is 0.0637 e. The molecule has 1 aromatic carbocycles. The molecule has 17 heavy (non-hydrogen) atoms. The summed E-state index contributed by atoms with van der Waals surface area (Å²) in [6.45, 7) is 7.01. The summed E-state index contributed by atoms with van der Waals surface area (Å²) >= 11 is 2.28. The van der Waals surface area contributed by atoms with Crippen molar-refractivity contribution in [1.29, 1.82) is 0 Å². The van der Waals surface area contributed by atoms with Gasteiger partial charge in [0.25, 0.3) is 0 Å². The third-order valence-electron chi connectivity index (χ3n) is 2.48. The van der Waals surface area contributed by atoms with Gasteiger partial charge in [0.15, 0.2) is 0 Å². The highest BCUT2D eigenvalue weighted by Crippen LogP contribution is 2.25. The van der Waals surface area contributed by atoms with Crippen molar-refractivity contribution in [2.75, 3.05) is 37.4 Å². The van der Waals surface area contributed by atoms with Gasteiger partial charge in [-0.3, -0.25) is 0 Å². The molecule has 1 aromatic rings. The summed E-state index contributed by atoms with van der Waals surface area (Å²) in [6, 6.07) is 6.19. The molecule has 0 spiro atoms. The highest BCUT2D eigenvalue weighted by atomic mass is 127. The molecule has 0 aliphatic heterocycles. The van der Waals surface area contributed by atoms with Crippen LogP contribution in [0.5, 0.6) is 0 Å². The van der Waals surface area contributed by atoms with E-state index in [0.717, 1.165) is 31.1 Å². The maximum atomic E-state index is 6.08. The molecule has 0 aliphatic carbocycles. The normalized spacial score (nSPS) is 10.9. The lowest BCUT2D eigenvalue weighted by atomic mass is 10.1. The SMILES string of the molecule is COCCN(CC(C)C)c1ccc(I)cc1N. The van der Waals surface area contributed by atoms with Crippen molar-refractivity contribution in [3.05, 3.63) is 21.8 Å².